The van der Waals surface area contributed by atoms with Crippen molar-refractivity contribution >= 4 is 34.3 Å². The number of hydrogen-bond acceptors (Lipinski definition) is 8. The highest BCUT2D eigenvalue weighted by atomic mass is 16.7. The SMILES string of the molecule is COC(=O)c1ccc(C)c(NC(=O)c2cc3cnc(NCC4COC(C)(C)O4)cc3[nH]c2=O)c1. The number of nitrogens with zero attached hydrogens (tertiary/aromatic N) is 1. The van der Waals surface area contributed by atoms with E-state index in [-0.39, 0.29) is 17.2 Å². The Morgan fingerprint density at radius 3 is 2.76 bits per heavy atom. The fourth-order valence-electron chi connectivity index (χ4n) is 3.64. The number of carbonyl (C=O) groups is 2. The quantitative estimate of drug-likeness (QED) is 0.473. The zero-order valence-electron chi connectivity index (χ0n) is 19.4. The lowest BCUT2D eigenvalue weighted by Gasteiger charge is -2.17. The summed E-state index contributed by atoms with van der Waals surface area (Å²) in [5.41, 5.74) is 1.35. The normalized spacial score (nSPS) is 16.9. The summed E-state index contributed by atoms with van der Waals surface area (Å²) >= 11 is 0. The third kappa shape index (κ3) is 5.08. The number of fused-ring (bicyclic) bond motifs is 1. The second-order valence-electron chi connectivity index (χ2n) is 8.48. The van der Waals surface area contributed by atoms with E-state index in [9.17, 15) is 14.4 Å². The highest BCUT2D eigenvalue weighted by molar-refractivity contribution is 6.06. The Morgan fingerprint density at radius 2 is 2.06 bits per heavy atom. The fraction of sp³-hybridized carbons (Fsp3) is 0.333. The van der Waals surface area contributed by atoms with Crippen molar-refractivity contribution in [2.45, 2.75) is 32.7 Å². The molecule has 0 spiro atoms. The number of amides is 1. The third-order valence-electron chi connectivity index (χ3n) is 5.46. The molecule has 0 saturated carbocycles. The Bertz CT molecular complexity index is 1320. The first kappa shape index (κ1) is 23.4. The zero-order valence-corrected chi connectivity index (χ0v) is 19.4. The minimum atomic E-state index is -0.607. The monoisotopic (exact) mass is 466 g/mol. The van der Waals surface area contributed by atoms with Gasteiger partial charge in [0, 0.05) is 29.9 Å². The summed E-state index contributed by atoms with van der Waals surface area (Å²) in [5.74, 6) is -1.17. The number of aromatic amines is 1. The Hall–Kier alpha value is -3.76. The molecule has 10 heteroatoms. The molecule has 4 rings (SSSR count). The summed E-state index contributed by atoms with van der Waals surface area (Å²) < 4.78 is 16.0. The summed E-state index contributed by atoms with van der Waals surface area (Å²) in [7, 11) is 1.28. The predicted molar refractivity (Wildman–Crippen MR) is 126 cm³/mol. The molecule has 1 aliphatic heterocycles. The van der Waals surface area contributed by atoms with Crippen molar-refractivity contribution in [2.75, 3.05) is 30.9 Å². The topological polar surface area (TPSA) is 132 Å². The highest BCUT2D eigenvalue weighted by Gasteiger charge is 2.32. The number of aryl methyl sites for hydroxylation is 1. The van der Waals surface area contributed by atoms with Gasteiger partial charge in [-0.05, 0) is 44.5 Å². The van der Waals surface area contributed by atoms with Crippen molar-refractivity contribution in [3.8, 4) is 0 Å². The number of methoxy groups -OCH3 is 1. The molecule has 3 aromatic rings. The van der Waals surface area contributed by atoms with E-state index < -0.39 is 23.2 Å². The van der Waals surface area contributed by atoms with Gasteiger partial charge in [0.05, 0.1) is 24.8 Å². The molecule has 3 N–H and O–H groups in total. The molecule has 10 nitrogen and oxygen atoms in total. The minimum Gasteiger partial charge on any atom is -0.465 e. The van der Waals surface area contributed by atoms with Crippen LogP contribution in [0.2, 0.25) is 0 Å². The van der Waals surface area contributed by atoms with Crippen LogP contribution in [0.15, 0.2) is 41.3 Å². The standard InChI is InChI=1S/C24H26N4O6/c1-13-5-6-14(23(31)32-4)8-18(13)27-21(29)17-7-15-10-25-20(9-19(15)28-22(17)30)26-11-16-12-33-24(2,3)34-16/h5-10,16H,11-12H2,1-4H3,(H,25,26)(H,27,29)(H,28,30). The Labute approximate surface area is 195 Å². The average Bonchev–Trinajstić information content (AvgIpc) is 3.16. The average molecular weight is 466 g/mol. The first-order valence-corrected chi connectivity index (χ1v) is 10.7. The van der Waals surface area contributed by atoms with Gasteiger partial charge in [-0.1, -0.05) is 6.07 Å². The molecular weight excluding hydrogens is 440 g/mol. The van der Waals surface area contributed by atoms with Crippen molar-refractivity contribution < 1.29 is 23.8 Å². The molecule has 1 atom stereocenters. The van der Waals surface area contributed by atoms with Gasteiger partial charge in [-0.2, -0.15) is 0 Å². The van der Waals surface area contributed by atoms with E-state index in [0.29, 0.717) is 35.6 Å². The molecule has 1 unspecified atom stereocenters. The Kier molecular flexibility index (Phi) is 6.36. The fourth-order valence-corrected chi connectivity index (χ4v) is 3.64. The van der Waals surface area contributed by atoms with Crippen LogP contribution < -0.4 is 16.2 Å². The predicted octanol–water partition coefficient (Wildman–Crippen LogP) is 2.83. The van der Waals surface area contributed by atoms with E-state index in [2.05, 4.69) is 20.6 Å². The first-order chi connectivity index (χ1) is 16.1. The smallest absolute Gasteiger partial charge is 0.337 e. The van der Waals surface area contributed by atoms with E-state index in [1.54, 1.807) is 31.3 Å². The van der Waals surface area contributed by atoms with Gasteiger partial charge in [-0.3, -0.25) is 9.59 Å². The van der Waals surface area contributed by atoms with Crippen LogP contribution in [0.3, 0.4) is 0 Å². The van der Waals surface area contributed by atoms with Gasteiger partial charge < -0.3 is 29.8 Å². The molecule has 2 aromatic heterocycles. The van der Waals surface area contributed by atoms with Crippen LogP contribution in [0.25, 0.3) is 10.9 Å². The van der Waals surface area contributed by atoms with Crippen molar-refractivity contribution in [3.05, 3.63) is 63.6 Å². The van der Waals surface area contributed by atoms with Crippen LogP contribution >= 0.6 is 0 Å². The number of nitrogens with one attached hydrogen (secondary N) is 3. The number of benzene rings is 1. The molecular formula is C24H26N4O6. The number of esters is 1. The lowest BCUT2D eigenvalue weighted by Crippen LogP contribution is -2.26. The molecule has 1 amide bonds. The number of hydrogen-bond donors (Lipinski definition) is 3. The molecule has 34 heavy (non-hydrogen) atoms. The maximum atomic E-state index is 12.8. The summed E-state index contributed by atoms with van der Waals surface area (Å²) in [5, 5.41) is 6.47. The van der Waals surface area contributed by atoms with Crippen LogP contribution in [0.5, 0.6) is 0 Å². The van der Waals surface area contributed by atoms with E-state index in [1.165, 1.54) is 19.2 Å². The second-order valence-corrected chi connectivity index (χ2v) is 8.48. The van der Waals surface area contributed by atoms with Gasteiger partial charge in [0.25, 0.3) is 11.5 Å². The van der Waals surface area contributed by atoms with Gasteiger partial charge in [-0.15, -0.1) is 0 Å². The molecule has 0 aliphatic carbocycles. The molecule has 3 heterocycles. The summed E-state index contributed by atoms with van der Waals surface area (Å²) in [6.45, 7) is 6.47. The maximum absolute atomic E-state index is 12.8. The van der Waals surface area contributed by atoms with Crippen LogP contribution in [0, 0.1) is 6.92 Å². The van der Waals surface area contributed by atoms with E-state index in [1.807, 2.05) is 13.8 Å². The van der Waals surface area contributed by atoms with E-state index in [0.717, 1.165) is 5.56 Å². The molecule has 1 aromatic carbocycles. The van der Waals surface area contributed by atoms with E-state index >= 15 is 0 Å². The second kappa shape index (κ2) is 9.24. The van der Waals surface area contributed by atoms with Gasteiger partial charge in [0.1, 0.15) is 17.5 Å². The number of aromatic nitrogens is 2. The van der Waals surface area contributed by atoms with Crippen molar-refractivity contribution in [2.24, 2.45) is 0 Å². The molecule has 1 aliphatic rings. The lowest BCUT2D eigenvalue weighted by atomic mass is 10.1. The molecule has 1 fully saturated rings. The van der Waals surface area contributed by atoms with Crippen LogP contribution in [0.4, 0.5) is 11.5 Å². The minimum absolute atomic E-state index is 0.0726. The zero-order chi connectivity index (χ0) is 24.5. The summed E-state index contributed by atoms with van der Waals surface area (Å²) in [6.07, 6.45) is 1.46. The molecule has 0 radical (unpaired) electrons. The Morgan fingerprint density at radius 1 is 1.26 bits per heavy atom. The van der Waals surface area contributed by atoms with E-state index in [4.69, 9.17) is 14.2 Å². The molecule has 178 valence electrons. The van der Waals surface area contributed by atoms with Gasteiger partial charge >= 0.3 is 5.97 Å². The van der Waals surface area contributed by atoms with Crippen molar-refractivity contribution in [1.82, 2.24) is 9.97 Å². The maximum Gasteiger partial charge on any atom is 0.337 e. The van der Waals surface area contributed by atoms with Gasteiger partial charge in [0.15, 0.2) is 5.79 Å². The van der Waals surface area contributed by atoms with Crippen molar-refractivity contribution in [3.63, 3.8) is 0 Å². The Balaban J connectivity index is 1.51. The number of ether oxygens (including phenoxy) is 3. The summed E-state index contributed by atoms with van der Waals surface area (Å²) in [6, 6.07) is 7.98. The number of pyridine rings is 2. The van der Waals surface area contributed by atoms with Crippen molar-refractivity contribution in [1.29, 1.82) is 0 Å². The largest absolute Gasteiger partial charge is 0.465 e. The van der Waals surface area contributed by atoms with Gasteiger partial charge in [-0.25, -0.2) is 9.78 Å². The van der Waals surface area contributed by atoms with Crippen LogP contribution in [-0.2, 0) is 14.2 Å². The highest BCUT2D eigenvalue weighted by Crippen LogP contribution is 2.23. The van der Waals surface area contributed by atoms with Crippen LogP contribution in [-0.4, -0.2) is 54.0 Å². The number of rotatable bonds is 6. The number of carbonyl (C=O) groups excluding carboxylic acids is 2. The summed E-state index contributed by atoms with van der Waals surface area (Å²) in [4.78, 5) is 44.4. The van der Waals surface area contributed by atoms with Crippen LogP contribution in [0.1, 0.15) is 40.1 Å². The number of H-pyrrole nitrogens is 1. The molecule has 0 bridgehead atoms. The van der Waals surface area contributed by atoms with Gasteiger partial charge in [0.2, 0.25) is 0 Å². The molecule has 1 saturated heterocycles. The number of anilines is 2. The lowest BCUT2D eigenvalue weighted by molar-refractivity contribution is -0.136. The first-order valence-electron chi connectivity index (χ1n) is 10.7. The third-order valence-corrected chi connectivity index (χ3v) is 5.46.